The van der Waals surface area contributed by atoms with Crippen LogP contribution in [0.1, 0.15) is 25.0 Å². The standard InChI is InChI=1S/C64H47BN4/c1-5-38-32-34-52-50(36-38)61-63(66(52)3)65-60-56(68(61)54-28-15-26-48-44-20-9-7-18-40(44)42-22-11-13-24-46(42)58(48)54)30-17-31-57(60)69(62-51-37-39(6-2)33-35-53(51)67(4)64(62)65)55-29-16-27-49-45-21-10-8-19-41(45)43-23-12-14-25-47(43)59(49)55/h7-37H,5-6H2,1-4H3. The molecule has 4 nitrogen and oxygen atoms in total. The third-order valence-corrected chi connectivity index (χ3v) is 16.2. The summed E-state index contributed by atoms with van der Waals surface area (Å²) >= 11 is 0. The summed E-state index contributed by atoms with van der Waals surface area (Å²) in [5.74, 6) is 0. The molecule has 2 aliphatic rings. The minimum atomic E-state index is -0.0706. The van der Waals surface area contributed by atoms with E-state index in [0.717, 1.165) is 12.8 Å². The van der Waals surface area contributed by atoms with Crippen LogP contribution in [0, 0.1) is 0 Å². The number of aryl methyl sites for hydroxylation is 4. The van der Waals surface area contributed by atoms with E-state index in [2.05, 4.69) is 235 Å². The maximum absolute atomic E-state index is 2.67. The highest BCUT2D eigenvalue weighted by Crippen LogP contribution is 2.53. The molecule has 2 aliphatic heterocycles. The lowest BCUT2D eigenvalue weighted by atomic mass is 9.36. The largest absolute Gasteiger partial charge is 0.353 e. The van der Waals surface area contributed by atoms with Gasteiger partial charge in [0, 0.05) is 69.2 Å². The molecule has 15 rings (SSSR count). The lowest BCUT2D eigenvalue weighted by Gasteiger charge is -2.43. The van der Waals surface area contributed by atoms with Gasteiger partial charge in [0.25, 0.3) is 6.71 Å². The van der Waals surface area contributed by atoms with E-state index >= 15 is 0 Å². The summed E-state index contributed by atoms with van der Waals surface area (Å²) < 4.78 is 5.07. The molecule has 0 saturated heterocycles. The minimum Gasteiger partial charge on any atom is -0.353 e. The third kappa shape index (κ3) is 4.99. The number of rotatable bonds is 4. The second kappa shape index (κ2) is 14.1. The van der Waals surface area contributed by atoms with Crippen LogP contribution in [0.25, 0.3) is 86.4 Å². The number of nitrogens with zero attached hydrogens (tertiary/aromatic N) is 4. The average molecular weight is 883 g/mol. The average Bonchev–Trinajstić information content (AvgIpc) is 3.87. The lowest BCUT2D eigenvalue weighted by molar-refractivity contribution is 0.981. The minimum absolute atomic E-state index is 0.0706. The van der Waals surface area contributed by atoms with Crippen molar-refractivity contribution in [3.8, 4) is 0 Å². The van der Waals surface area contributed by atoms with Crippen LogP contribution < -0.4 is 26.4 Å². The summed E-state index contributed by atoms with van der Waals surface area (Å²) in [4.78, 5) is 5.34. The van der Waals surface area contributed by atoms with Crippen molar-refractivity contribution in [3.63, 3.8) is 0 Å². The molecule has 0 unspecified atom stereocenters. The van der Waals surface area contributed by atoms with Gasteiger partial charge in [-0.3, -0.25) is 0 Å². The maximum Gasteiger partial charge on any atom is 0.292 e. The van der Waals surface area contributed by atoms with E-state index in [1.165, 1.54) is 148 Å². The molecule has 326 valence electrons. The van der Waals surface area contributed by atoms with E-state index in [0.29, 0.717) is 0 Å². The van der Waals surface area contributed by atoms with Crippen LogP contribution in [-0.2, 0) is 26.9 Å². The molecule has 2 aromatic heterocycles. The van der Waals surface area contributed by atoms with Gasteiger partial charge in [0.05, 0.1) is 22.7 Å². The number of anilines is 6. The molecule has 0 fully saturated rings. The monoisotopic (exact) mass is 882 g/mol. The van der Waals surface area contributed by atoms with Gasteiger partial charge >= 0.3 is 0 Å². The molecule has 5 heteroatoms. The van der Waals surface area contributed by atoms with Gasteiger partial charge in [-0.2, -0.15) is 0 Å². The zero-order valence-electron chi connectivity index (χ0n) is 39.2. The normalized spacial score (nSPS) is 13.2. The van der Waals surface area contributed by atoms with Crippen molar-refractivity contribution < 1.29 is 0 Å². The fourth-order valence-electron chi connectivity index (χ4n) is 13.2. The highest BCUT2D eigenvalue weighted by molar-refractivity contribution is 7.00. The molecule has 0 radical (unpaired) electrons. The number of aromatic nitrogens is 2. The molecule has 0 amide bonds. The van der Waals surface area contributed by atoms with E-state index in [4.69, 9.17) is 0 Å². The van der Waals surface area contributed by atoms with Crippen LogP contribution in [0.2, 0.25) is 0 Å². The van der Waals surface area contributed by atoms with Crippen LogP contribution in [0.5, 0.6) is 0 Å². The van der Waals surface area contributed by atoms with Gasteiger partial charge in [0.15, 0.2) is 0 Å². The summed E-state index contributed by atoms with van der Waals surface area (Å²) in [6, 6.07) is 71.5. The predicted octanol–water partition coefficient (Wildman–Crippen LogP) is 14.8. The summed E-state index contributed by atoms with van der Waals surface area (Å²) in [7, 11) is 4.63. The molecule has 0 N–H and O–H groups in total. The predicted molar refractivity (Wildman–Crippen MR) is 297 cm³/mol. The van der Waals surface area contributed by atoms with Crippen LogP contribution in [0.15, 0.2) is 188 Å². The Morgan fingerprint density at radius 2 is 0.652 bits per heavy atom. The Morgan fingerprint density at radius 3 is 1.03 bits per heavy atom. The van der Waals surface area contributed by atoms with Gasteiger partial charge in [-0.25, -0.2) is 0 Å². The van der Waals surface area contributed by atoms with Gasteiger partial charge in [0.2, 0.25) is 0 Å². The lowest BCUT2D eigenvalue weighted by Crippen LogP contribution is -2.64. The number of hydrogen-bond donors (Lipinski definition) is 0. The van der Waals surface area contributed by atoms with Crippen LogP contribution in [0.4, 0.5) is 34.1 Å². The topological polar surface area (TPSA) is 16.3 Å². The summed E-state index contributed by atoms with van der Waals surface area (Å²) in [5, 5.41) is 17.9. The second-order valence-corrected chi connectivity index (χ2v) is 19.4. The Bertz CT molecular complexity index is 4030. The molecule has 69 heavy (non-hydrogen) atoms. The Hall–Kier alpha value is -8.28. The molecule has 13 aromatic rings. The van der Waals surface area contributed by atoms with Crippen molar-refractivity contribution >= 4 is 144 Å². The molecular formula is C64H47BN4. The highest BCUT2D eigenvalue weighted by Gasteiger charge is 2.49. The first-order chi connectivity index (χ1) is 34.0. The third-order valence-electron chi connectivity index (χ3n) is 16.2. The van der Waals surface area contributed by atoms with Gasteiger partial charge < -0.3 is 18.9 Å². The number of hydrogen-bond acceptors (Lipinski definition) is 2. The van der Waals surface area contributed by atoms with Gasteiger partial charge in [0.1, 0.15) is 0 Å². The fourth-order valence-corrected chi connectivity index (χ4v) is 13.2. The zero-order chi connectivity index (χ0) is 45.8. The summed E-state index contributed by atoms with van der Waals surface area (Å²) in [6.07, 6.45) is 1.93. The summed E-state index contributed by atoms with van der Waals surface area (Å²) in [6.45, 7) is 4.48. The Kier molecular flexibility index (Phi) is 7.95. The fraction of sp³-hybridized carbons (Fsp3) is 0.0938. The molecule has 11 aromatic carbocycles. The maximum atomic E-state index is 2.67. The molecule has 0 aliphatic carbocycles. The van der Waals surface area contributed by atoms with E-state index < -0.39 is 0 Å². The Balaban J connectivity index is 1.14. The molecule has 0 bridgehead atoms. The van der Waals surface area contributed by atoms with Crippen LogP contribution >= 0.6 is 0 Å². The van der Waals surface area contributed by atoms with E-state index in [9.17, 15) is 0 Å². The highest BCUT2D eigenvalue weighted by atomic mass is 15.2. The van der Waals surface area contributed by atoms with Gasteiger partial charge in [-0.05, 0) is 132 Å². The van der Waals surface area contributed by atoms with E-state index in [1.807, 2.05) is 0 Å². The molecule has 0 spiro atoms. The smallest absolute Gasteiger partial charge is 0.292 e. The molecular weight excluding hydrogens is 836 g/mol. The SMILES string of the molecule is CCc1ccc2c(c1)c1c(n2C)B2c3c(cccc3N(c3cccc4c5ccccc5c5ccccc5c34)c3c2n(C)c2ccc(CC)cc32)N1c1cccc2c3ccccc3c3ccccc3c12. The van der Waals surface area contributed by atoms with Crippen molar-refractivity contribution in [1.82, 2.24) is 9.13 Å². The van der Waals surface area contributed by atoms with Gasteiger partial charge in [-0.1, -0.05) is 153 Å². The van der Waals surface area contributed by atoms with Crippen LogP contribution in [0.3, 0.4) is 0 Å². The molecule has 0 atom stereocenters. The zero-order valence-corrected chi connectivity index (χ0v) is 39.2. The Labute approximate surface area is 400 Å². The van der Waals surface area contributed by atoms with Crippen LogP contribution in [-0.4, -0.2) is 15.8 Å². The molecule has 4 heterocycles. The number of fused-ring (bicyclic) bond motifs is 20. The van der Waals surface area contributed by atoms with Crippen molar-refractivity contribution in [2.45, 2.75) is 26.7 Å². The number of benzene rings is 11. The Morgan fingerprint density at radius 1 is 0.333 bits per heavy atom. The first-order valence-corrected chi connectivity index (χ1v) is 24.6. The van der Waals surface area contributed by atoms with Crippen molar-refractivity contribution in [3.05, 3.63) is 199 Å². The van der Waals surface area contributed by atoms with Gasteiger partial charge in [-0.15, -0.1) is 0 Å². The first kappa shape index (κ1) is 38.8. The van der Waals surface area contributed by atoms with Crippen molar-refractivity contribution in [2.24, 2.45) is 14.1 Å². The van der Waals surface area contributed by atoms with Crippen molar-refractivity contribution in [1.29, 1.82) is 0 Å². The first-order valence-electron chi connectivity index (χ1n) is 24.6. The second-order valence-electron chi connectivity index (χ2n) is 19.4. The van der Waals surface area contributed by atoms with E-state index in [-0.39, 0.29) is 6.71 Å². The molecule has 0 saturated carbocycles. The van der Waals surface area contributed by atoms with Crippen molar-refractivity contribution in [2.75, 3.05) is 9.80 Å². The summed E-state index contributed by atoms with van der Waals surface area (Å²) in [5.41, 5.74) is 16.5. The van der Waals surface area contributed by atoms with E-state index in [1.54, 1.807) is 0 Å². The quantitative estimate of drug-likeness (QED) is 0.129.